The number of aromatic carboxylic acids is 1. The van der Waals surface area contributed by atoms with E-state index in [-0.39, 0.29) is 16.3 Å². The summed E-state index contributed by atoms with van der Waals surface area (Å²) >= 11 is 6.06. The van der Waals surface area contributed by atoms with Crippen LogP contribution in [-0.2, 0) is 0 Å². The molecule has 0 saturated heterocycles. The number of halogens is 1. The van der Waals surface area contributed by atoms with Gasteiger partial charge in [0.05, 0.1) is 35.3 Å². The minimum absolute atomic E-state index is 0.0419. The molecule has 0 atom stereocenters. The van der Waals surface area contributed by atoms with Gasteiger partial charge in [-0.15, -0.1) is 0 Å². The van der Waals surface area contributed by atoms with Crippen LogP contribution < -0.4 is 10.1 Å². The van der Waals surface area contributed by atoms with Gasteiger partial charge >= 0.3 is 5.97 Å². The fraction of sp³-hybridized carbons (Fsp3) is 0.0714. The number of anilines is 2. The normalized spacial score (nSPS) is 9.76. The van der Waals surface area contributed by atoms with Crippen molar-refractivity contribution in [1.29, 1.82) is 5.26 Å². The molecule has 106 valence electrons. The van der Waals surface area contributed by atoms with Crippen LogP contribution in [0.1, 0.15) is 15.9 Å². The molecule has 0 spiro atoms. The second kappa shape index (κ2) is 6.11. The molecule has 7 heteroatoms. The summed E-state index contributed by atoms with van der Waals surface area (Å²) in [6.07, 6.45) is 2.98. The summed E-state index contributed by atoms with van der Waals surface area (Å²) < 4.78 is 5.04. The van der Waals surface area contributed by atoms with Gasteiger partial charge in [-0.2, -0.15) is 5.26 Å². The van der Waals surface area contributed by atoms with Crippen LogP contribution in [0, 0.1) is 11.3 Å². The van der Waals surface area contributed by atoms with Gasteiger partial charge in [0.2, 0.25) is 0 Å². The molecule has 0 aliphatic carbocycles. The summed E-state index contributed by atoms with van der Waals surface area (Å²) in [7, 11) is 1.37. The first-order valence-corrected chi connectivity index (χ1v) is 6.16. The van der Waals surface area contributed by atoms with Gasteiger partial charge in [0.25, 0.3) is 0 Å². The number of nitrogens with zero attached hydrogens (tertiary/aromatic N) is 2. The predicted octanol–water partition coefficient (Wildman–Crippen LogP) is 3.06. The van der Waals surface area contributed by atoms with Crippen LogP contribution >= 0.6 is 11.6 Å². The highest BCUT2D eigenvalue weighted by Gasteiger charge is 2.15. The maximum absolute atomic E-state index is 11.1. The van der Waals surface area contributed by atoms with E-state index in [0.717, 1.165) is 0 Å². The fourth-order valence-electron chi connectivity index (χ4n) is 1.72. The molecule has 0 bridgehead atoms. The molecule has 21 heavy (non-hydrogen) atoms. The first kappa shape index (κ1) is 14.6. The molecular weight excluding hydrogens is 294 g/mol. The van der Waals surface area contributed by atoms with Crippen LogP contribution in [0.15, 0.2) is 30.6 Å². The van der Waals surface area contributed by atoms with E-state index >= 15 is 0 Å². The highest BCUT2D eigenvalue weighted by atomic mass is 35.5. The van der Waals surface area contributed by atoms with Gasteiger partial charge in [-0.05, 0) is 12.1 Å². The van der Waals surface area contributed by atoms with E-state index in [1.807, 2.05) is 6.07 Å². The summed E-state index contributed by atoms with van der Waals surface area (Å²) in [4.78, 5) is 15.0. The van der Waals surface area contributed by atoms with Crippen molar-refractivity contribution < 1.29 is 14.6 Å². The Morgan fingerprint density at radius 3 is 2.86 bits per heavy atom. The first-order valence-electron chi connectivity index (χ1n) is 5.78. The average Bonchev–Trinajstić information content (AvgIpc) is 2.49. The Hall–Kier alpha value is -2.78. The van der Waals surface area contributed by atoms with Crippen molar-refractivity contribution in [2.24, 2.45) is 0 Å². The molecule has 0 saturated carbocycles. The van der Waals surface area contributed by atoms with Crippen molar-refractivity contribution in [3.8, 4) is 11.8 Å². The van der Waals surface area contributed by atoms with Crippen molar-refractivity contribution in [3.05, 3.63) is 46.7 Å². The van der Waals surface area contributed by atoms with E-state index in [1.54, 1.807) is 6.07 Å². The first-order chi connectivity index (χ1) is 10.1. The molecular formula is C14H10ClN3O3. The van der Waals surface area contributed by atoms with E-state index in [9.17, 15) is 4.79 Å². The Bertz CT molecular complexity index is 741. The number of carboxylic acid groups (broad SMARTS) is 1. The van der Waals surface area contributed by atoms with Crippen molar-refractivity contribution in [3.63, 3.8) is 0 Å². The number of pyridine rings is 1. The zero-order chi connectivity index (χ0) is 15.4. The number of aromatic nitrogens is 1. The number of carbonyl (C=O) groups is 1. The van der Waals surface area contributed by atoms with Crippen LogP contribution in [0.5, 0.6) is 5.75 Å². The van der Waals surface area contributed by atoms with Crippen LogP contribution in [0.3, 0.4) is 0 Å². The number of methoxy groups -OCH3 is 1. The van der Waals surface area contributed by atoms with Crippen molar-refractivity contribution in [2.75, 3.05) is 12.4 Å². The lowest BCUT2D eigenvalue weighted by molar-refractivity contribution is 0.0693. The molecule has 0 amide bonds. The third-order valence-electron chi connectivity index (χ3n) is 2.73. The second-order valence-electron chi connectivity index (χ2n) is 4.00. The molecule has 0 aliphatic heterocycles. The minimum Gasteiger partial charge on any atom is -0.496 e. The summed E-state index contributed by atoms with van der Waals surface area (Å²) in [5.74, 6) is -0.976. The van der Waals surface area contributed by atoms with E-state index in [0.29, 0.717) is 16.9 Å². The summed E-state index contributed by atoms with van der Waals surface area (Å²) in [5, 5.41) is 21.2. The lowest BCUT2D eigenvalue weighted by atomic mass is 10.1. The highest BCUT2D eigenvalue weighted by molar-refractivity contribution is 6.33. The Morgan fingerprint density at radius 1 is 1.48 bits per heavy atom. The largest absolute Gasteiger partial charge is 0.496 e. The number of benzene rings is 1. The van der Waals surface area contributed by atoms with Gasteiger partial charge in [0, 0.05) is 12.3 Å². The highest BCUT2D eigenvalue weighted by Crippen LogP contribution is 2.33. The van der Waals surface area contributed by atoms with Gasteiger partial charge < -0.3 is 15.2 Å². The van der Waals surface area contributed by atoms with Crippen LogP contribution in [0.25, 0.3) is 0 Å². The molecule has 0 fully saturated rings. The van der Waals surface area contributed by atoms with Crippen LogP contribution in [-0.4, -0.2) is 23.2 Å². The standard InChI is InChI=1S/C14H10ClN3O3/c1-21-13-5-11(10(15)4-9(13)14(19)20)18-12-7-17-3-2-8(12)6-16/h2-5,7,18H,1H3,(H,19,20). The van der Waals surface area contributed by atoms with Gasteiger partial charge in [0.1, 0.15) is 17.4 Å². The molecule has 6 nitrogen and oxygen atoms in total. The molecule has 0 unspecified atom stereocenters. The van der Waals surface area contributed by atoms with Gasteiger partial charge in [-0.1, -0.05) is 11.6 Å². The van der Waals surface area contributed by atoms with Crippen molar-refractivity contribution in [1.82, 2.24) is 4.98 Å². The average molecular weight is 304 g/mol. The van der Waals surface area contributed by atoms with E-state index in [2.05, 4.69) is 10.3 Å². The Balaban J connectivity index is 2.46. The lowest BCUT2D eigenvalue weighted by Crippen LogP contribution is -2.03. The van der Waals surface area contributed by atoms with Crippen LogP contribution in [0.4, 0.5) is 11.4 Å². The van der Waals surface area contributed by atoms with Gasteiger partial charge in [0.15, 0.2) is 0 Å². The van der Waals surface area contributed by atoms with E-state index < -0.39 is 5.97 Å². The lowest BCUT2D eigenvalue weighted by Gasteiger charge is -2.12. The molecule has 1 aromatic heterocycles. The van der Waals surface area contributed by atoms with Crippen LogP contribution in [0.2, 0.25) is 5.02 Å². The third kappa shape index (κ3) is 3.04. The molecule has 1 aromatic carbocycles. The number of hydrogen-bond donors (Lipinski definition) is 2. The summed E-state index contributed by atoms with van der Waals surface area (Å²) in [6.45, 7) is 0. The summed E-state index contributed by atoms with van der Waals surface area (Å²) in [6, 6.07) is 6.32. The topological polar surface area (TPSA) is 95.2 Å². The van der Waals surface area contributed by atoms with Gasteiger partial charge in [-0.3, -0.25) is 4.98 Å². The van der Waals surface area contributed by atoms with E-state index in [4.69, 9.17) is 26.7 Å². The number of nitriles is 1. The Kier molecular flexibility index (Phi) is 4.26. The fourth-order valence-corrected chi connectivity index (χ4v) is 1.93. The Morgan fingerprint density at radius 2 is 2.24 bits per heavy atom. The molecule has 0 radical (unpaired) electrons. The SMILES string of the molecule is COc1cc(Nc2cnccc2C#N)c(Cl)cc1C(=O)O. The summed E-state index contributed by atoms with van der Waals surface area (Å²) in [5.41, 5.74) is 1.23. The zero-order valence-corrected chi connectivity index (χ0v) is 11.7. The third-order valence-corrected chi connectivity index (χ3v) is 3.04. The molecule has 1 heterocycles. The Labute approximate surface area is 125 Å². The minimum atomic E-state index is -1.14. The number of nitrogens with one attached hydrogen (secondary N) is 1. The number of rotatable bonds is 4. The maximum atomic E-state index is 11.1. The smallest absolute Gasteiger partial charge is 0.339 e. The monoisotopic (exact) mass is 303 g/mol. The zero-order valence-electron chi connectivity index (χ0n) is 10.9. The quantitative estimate of drug-likeness (QED) is 0.901. The number of ether oxygens (including phenoxy) is 1. The second-order valence-corrected chi connectivity index (χ2v) is 4.40. The van der Waals surface area contributed by atoms with Gasteiger partial charge in [-0.25, -0.2) is 4.79 Å². The van der Waals surface area contributed by atoms with E-state index in [1.165, 1.54) is 31.6 Å². The number of hydrogen-bond acceptors (Lipinski definition) is 5. The molecule has 0 aliphatic rings. The number of carboxylic acids is 1. The predicted molar refractivity (Wildman–Crippen MR) is 77.2 cm³/mol. The van der Waals surface area contributed by atoms with Crippen molar-refractivity contribution >= 4 is 28.9 Å². The maximum Gasteiger partial charge on any atom is 0.339 e. The molecule has 2 aromatic rings. The molecule has 2 rings (SSSR count). The van der Waals surface area contributed by atoms with Crippen molar-refractivity contribution in [2.45, 2.75) is 0 Å². The molecule has 2 N–H and O–H groups in total.